The topological polar surface area (TPSA) is 71.1 Å². The van der Waals surface area contributed by atoms with E-state index in [0.29, 0.717) is 17.9 Å². The van der Waals surface area contributed by atoms with Crippen molar-refractivity contribution in [3.8, 4) is 0 Å². The van der Waals surface area contributed by atoms with Crippen molar-refractivity contribution in [2.24, 2.45) is 0 Å². The molecule has 21 heavy (non-hydrogen) atoms. The Hall–Kier alpha value is -2.08. The van der Waals surface area contributed by atoms with Crippen molar-refractivity contribution in [2.75, 3.05) is 16.8 Å². The summed E-state index contributed by atoms with van der Waals surface area (Å²) in [6, 6.07) is 8.85. The third-order valence-corrected chi connectivity index (χ3v) is 4.38. The predicted molar refractivity (Wildman–Crippen MR) is 84.2 cm³/mol. The van der Waals surface area contributed by atoms with E-state index in [0.717, 1.165) is 16.7 Å². The second kappa shape index (κ2) is 6.13. The summed E-state index contributed by atoms with van der Waals surface area (Å²) in [7, 11) is 0. The first kappa shape index (κ1) is 13.9. The quantitative estimate of drug-likeness (QED) is 0.887. The molecule has 2 heterocycles. The lowest BCUT2D eigenvalue weighted by Crippen LogP contribution is -2.44. The lowest BCUT2D eigenvalue weighted by atomic mass is 10.1. The second-order valence-corrected chi connectivity index (χ2v) is 5.96. The summed E-state index contributed by atoms with van der Waals surface area (Å²) < 4.78 is 0. The molecule has 1 aromatic heterocycles. The molecule has 1 aliphatic rings. The van der Waals surface area contributed by atoms with E-state index in [9.17, 15) is 9.59 Å². The Labute approximate surface area is 126 Å². The van der Waals surface area contributed by atoms with Gasteiger partial charge >= 0.3 is 0 Å². The van der Waals surface area contributed by atoms with E-state index in [4.69, 9.17) is 0 Å². The van der Waals surface area contributed by atoms with E-state index in [2.05, 4.69) is 15.6 Å². The van der Waals surface area contributed by atoms with Crippen LogP contribution in [0.1, 0.15) is 6.42 Å². The minimum absolute atomic E-state index is 0.0697. The molecule has 1 aromatic carbocycles. The van der Waals surface area contributed by atoms with Gasteiger partial charge in [0, 0.05) is 29.5 Å². The van der Waals surface area contributed by atoms with E-state index in [1.165, 1.54) is 0 Å². The molecule has 0 saturated carbocycles. The minimum Gasteiger partial charge on any atom is -0.343 e. The van der Waals surface area contributed by atoms with E-state index in [-0.39, 0.29) is 11.8 Å². The highest BCUT2D eigenvalue weighted by Crippen LogP contribution is 2.22. The number of amides is 2. The predicted octanol–water partition coefficient (Wildman–Crippen LogP) is 1.79. The van der Waals surface area contributed by atoms with Crippen LogP contribution in [0.3, 0.4) is 0 Å². The van der Waals surface area contributed by atoms with Crippen LogP contribution in [0.25, 0.3) is 10.9 Å². The van der Waals surface area contributed by atoms with Crippen LogP contribution in [0.5, 0.6) is 0 Å². The number of hydrogen-bond acceptors (Lipinski definition) is 4. The zero-order valence-corrected chi connectivity index (χ0v) is 12.2. The molecule has 1 atom stereocenters. The average molecular weight is 301 g/mol. The van der Waals surface area contributed by atoms with Gasteiger partial charge in [0.1, 0.15) is 6.04 Å². The number of rotatable bonds is 2. The average Bonchev–Trinajstić information content (AvgIpc) is 2.72. The third kappa shape index (κ3) is 3.16. The number of carbonyl (C=O) groups excluding carboxylic acids is 2. The molecule has 3 rings (SSSR count). The Balaban J connectivity index is 1.81. The monoisotopic (exact) mass is 301 g/mol. The molecule has 108 valence electrons. The Morgan fingerprint density at radius 3 is 3.14 bits per heavy atom. The number of anilines is 1. The molecule has 2 amide bonds. The van der Waals surface area contributed by atoms with Gasteiger partial charge in [0.15, 0.2) is 0 Å². The van der Waals surface area contributed by atoms with Crippen LogP contribution in [-0.2, 0) is 9.59 Å². The summed E-state index contributed by atoms with van der Waals surface area (Å²) in [6.45, 7) is 0. The molecule has 6 heteroatoms. The van der Waals surface area contributed by atoms with Crippen LogP contribution in [-0.4, -0.2) is 34.3 Å². The molecule has 0 bridgehead atoms. The number of hydrogen-bond donors (Lipinski definition) is 2. The number of thioether (sulfide) groups is 1. The second-order valence-electron chi connectivity index (χ2n) is 4.81. The number of fused-ring (bicyclic) bond motifs is 1. The van der Waals surface area contributed by atoms with Crippen LogP contribution in [0.4, 0.5) is 5.69 Å². The zero-order valence-electron chi connectivity index (χ0n) is 11.3. The maximum absolute atomic E-state index is 12.3. The molecule has 1 unspecified atom stereocenters. The Morgan fingerprint density at radius 2 is 2.24 bits per heavy atom. The van der Waals surface area contributed by atoms with Crippen molar-refractivity contribution in [3.63, 3.8) is 0 Å². The largest absolute Gasteiger partial charge is 0.343 e. The smallest absolute Gasteiger partial charge is 0.247 e. The van der Waals surface area contributed by atoms with Gasteiger partial charge in [-0.15, -0.1) is 0 Å². The lowest BCUT2D eigenvalue weighted by molar-refractivity contribution is -0.125. The number of benzene rings is 1. The van der Waals surface area contributed by atoms with Crippen LogP contribution in [0.15, 0.2) is 36.5 Å². The van der Waals surface area contributed by atoms with Crippen molar-refractivity contribution >= 4 is 40.2 Å². The Bertz CT molecular complexity index is 684. The van der Waals surface area contributed by atoms with Gasteiger partial charge in [0.25, 0.3) is 0 Å². The molecule has 2 N–H and O–H groups in total. The fraction of sp³-hybridized carbons (Fsp3) is 0.267. The minimum atomic E-state index is -0.489. The molecule has 1 saturated heterocycles. The summed E-state index contributed by atoms with van der Waals surface area (Å²) in [5.74, 6) is 1.10. The molecule has 0 radical (unpaired) electrons. The van der Waals surface area contributed by atoms with Crippen molar-refractivity contribution in [1.82, 2.24) is 10.3 Å². The molecule has 5 nitrogen and oxygen atoms in total. The summed E-state index contributed by atoms with van der Waals surface area (Å²) in [5, 5.41) is 6.55. The van der Waals surface area contributed by atoms with Gasteiger partial charge in [-0.1, -0.05) is 6.07 Å². The van der Waals surface area contributed by atoms with Gasteiger partial charge < -0.3 is 10.6 Å². The number of carbonyl (C=O) groups is 2. The maximum Gasteiger partial charge on any atom is 0.247 e. The standard InChI is InChI=1S/C15H15N3O2S/c19-14-6-8-21-9-13(17-14)15(20)18-12-5-1-4-11-10(12)3-2-7-16-11/h1-5,7,13H,6,8-9H2,(H,17,19)(H,18,20). The third-order valence-electron chi connectivity index (χ3n) is 3.31. The lowest BCUT2D eigenvalue weighted by Gasteiger charge is -2.16. The molecular formula is C15H15N3O2S. The van der Waals surface area contributed by atoms with Crippen LogP contribution in [0.2, 0.25) is 0 Å². The van der Waals surface area contributed by atoms with E-state index < -0.39 is 6.04 Å². The highest BCUT2D eigenvalue weighted by atomic mass is 32.2. The molecular weight excluding hydrogens is 286 g/mol. The zero-order chi connectivity index (χ0) is 14.7. The van der Waals surface area contributed by atoms with Gasteiger partial charge in [0.05, 0.1) is 11.2 Å². The Morgan fingerprint density at radius 1 is 1.33 bits per heavy atom. The van der Waals surface area contributed by atoms with Crippen LogP contribution < -0.4 is 10.6 Å². The summed E-state index contributed by atoms with van der Waals surface area (Å²) in [5.41, 5.74) is 1.55. The molecule has 1 aliphatic heterocycles. The van der Waals surface area contributed by atoms with Crippen molar-refractivity contribution in [1.29, 1.82) is 0 Å². The summed E-state index contributed by atoms with van der Waals surface area (Å²) in [6.07, 6.45) is 2.18. The molecule has 0 spiro atoms. The fourth-order valence-electron chi connectivity index (χ4n) is 2.25. The fourth-order valence-corrected chi connectivity index (χ4v) is 3.21. The SMILES string of the molecule is O=C1CCSCC(C(=O)Nc2cccc3ncccc23)N1. The van der Waals surface area contributed by atoms with Gasteiger partial charge in [-0.25, -0.2) is 0 Å². The van der Waals surface area contributed by atoms with Gasteiger partial charge in [0.2, 0.25) is 11.8 Å². The Kier molecular flexibility index (Phi) is 4.06. The maximum atomic E-state index is 12.3. The van der Waals surface area contributed by atoms with E-state index in [1.807, 2.05) is 30.3 Å². The number of pyridine rings is 1. The molecule has 2 aromatic rings. The highest BCUT2D eigenvalue weighted by molar-refractivity contribution is 7.99. The van der Waals surface area contributed by atoms with Crippen molar-refractivity contribution in [2.45, 2.75) is 12.5 Å². The van der Waals surface area contributed by atoms with Crippen LogP contribution >= 0.6 is 11.8 Å². The summed E-state index contributed by atoms with van der Waals surface area (Å²) in [4.78, 5) is 28.2. The highest BCUT2D eigenvalue weighted by Gasteiger charge is 2.23. The van der Waals surface area contributed by atoms with E-state index >= 15 is 0 Å². The van der Waals surface area contributed by atoms with Gasteiger partial charge in [-0.05, 0) is 24.3 Å². The number of nitrogens with one attached hydrogen (secondary N) is 2. The van der Waals surface area contributed by atoms with E-state index in [1.54, 1.807) is 18.0 Å². The molecule has 0 aliphatic carbocycles. The van der Waals surface area contributed by atoms with Gasteiger partial charge in [-0.2, -0.15) is 11.8 Å². The first-order valence-corrected chi connectivity index (χ1v) is 7.91. The van der Waals surface area contributed by atoms with Crippen molar-refractivity contribution < 1.29 is 9.59 Å². The first-order valence-electron chi connectivity index (χ1n) is 6.76. The number of nitrogens with zero attached hydrogens (tertiary/aromatic N) is 1. The van der Waals surface area contributed by atoms with Crippen molar-refractivity contribution in [3.05, 3.63) is 36.5 Å². The molecule has 1 fully saturated rings. The number of aromatic nitrogens is 1. The summed E-state index contributed by atoms with van der Waals surface area (Å²) >= 11 is 1.61. The normalized spacial score (nSPS) is 18.9. The van der Waals surface area contributed by atoms with Crippen LogP contribution in [0, 0.1) is 0 Å². The van der Waals surface area contributed by atoms with Gasteiger partial charge in [-0.3, -0.25) is 14.6 Å². The first-order chi connectivity index (χ1) is 10.2.